The number of carboxylic acid groups (broad SMARTS) is 1. The number of carbonyl (C=O) groups excluding carboxylic acids is 2. The van der Waals surface area contributed by atoms with Crippen LogP contribution in [0.15, 0.2) is 12.7 Å². The van der Waals surface area contributed by atoms with E-state index in [0.29, 0.717) is 25.9 Å². The van der Waals surface area contributed by atoms with Gasteiger partial charge in [0.25, 0.3) is 0 Å². The van der Waals surface area contributed by atoms with Crippen molar-refractivity contribution in [3.63, 3.8) is 0 Å². The fraction of sp³-hybridized carbons (Fsp3) is 0.688. The molecule has 128 valence electrons. The molecule has 23 heavy (non-hydrogen) atoms. The molecule has 2 rings (SSSR count). The fourth-order valence-corrected chi connectivity index (χ4v) is 2.85. The minimum Gasteiger partial charge on any atom is -0.481 e. The minimum absolute atomic E-state index is 0.0118. The summed E-state index contributed by atoms with van der Waals surface area (Å²) in [6.45, 7) is 3.83. The fourth-order valence-electron chi connectivity index (χ4n) is 2.85. The smallest absolute Gasteiger partial charge is 0.330 e. The summed E-state index contributed by atoms with van der Waals surface area (Å²) in [7, 11) is 0. The summed E-state index contributed by atoms with van der Waals surface area (Å²) in [4.78, 5) is 34.7. The van der Waals surface area contributed by atoms with Crippen molar-refractivity contribution in [3.05, 3.63) is 12.7 Å². The van der Waals surface area contributed by atoms with Crippen LogP contribution in [0.4, 0.5) is 0 Å². The van der Waals surface area contributed by atoms with E-state index >= 15 is 0 Å². The van der Waals surface area contributed by atoms with Gasteiger partial charge in [-0.3, -0.25) is 9.59 Å². The summed E-state index contributed by atoms with van der Waals surface area (Å²) in [6, 6.07) is 0. The van der Waals surface area contributed by atoms with Crippen molar-refractivity contribution in [2.45, 2.75) is 44.3 Å². The first-order chi connectivity index (χ1) is 11.0. The van der Waals surface area contributed by atoms with E-state index in [1.807, 2.05) is 0 Å². The number of hydrogen-bond acceptors (Lipinski definition) is 6. The van der Waals surface area contributed by atoms with E-state index in [4.69, 9.17) is 14.2 Å². The van der Waals surface area contributed by atoms with Gasteiger partial charge in [-0.25, -0.2) is 4.79 Å². The first kappa shape index (κ1) is 17.5. The quantitative estimate of drug-likeness (QED) is 0.407. The van der Waals surface area contributed by atoms with E-state index in [1.54, 1.807) is 0 Å². The van der Waals surface area contributed by atoms with Crippen molar-refractivity contribution in [3.8, 4) is 0 Å². The number of esters is 2. The monoisotopic (exact) mass is 326 g/mol. The number of aliphatic carboxylic acids is 1. The van der Waals surface area contributed by atoms with Gasteiger partial charge >= 0.3 is 17.9 Å². The molecular weight excluding hydrogens is 304 g/mol. The zero-order valence-corrected chi connectivity index (χ0v) is 12.9. The van der Waals surface area contributed by atoms with E-state index in [9.17, 15) is 19.5 Å². The van der Waals surface area contributed by atoms with Crippen molar-refractivity contribution >= 4 is 17.9 Å². The average molecular weight is 326 g/mol. The van der Waals surface area contributed by atoms with E-state index in [2.05, 4.69) is 6.58 Å². The third-order valence-electron chi connectivity index (χ3n) is 4.18. The molecule has 4 unspecified atom stereocenters. The van der Waals surface area contributed by atoms with Crippen molar-refractivity contribution in [1.82, 2.24) is 0 Å². The van der Waals surface area contributed by atoms with Crippen molar-refractivity contribution in [2.24, 2.45) is 11.8 Å². The van der Waals surface area contributed by atoms with E-state index in [-0.39, 0.29) is 12.7 Å². The highest BCUT2D eigenvalue weighted by molar-refractivity contribution is 5.82. The van der Waals surface area contributed by atoms with Crippen LogP contribution in [0.25, 0.3) is 0 Å². The molecule has 1 aliphatic heterocycles. The molecule has 0 spiro atoms. The largest absolute Gasteiger partial charge is 0.481 e. The molecule has 0 aromatic heterocycles. The van der Waals surface area contributed by atoms with Gasteiger partial charge < -0.3 is 19.3 Å². The van der Waals surface area contributed by atoms with Crippen LogP contribution in [0.5, 0.6) is 0 Å². The average Bonchev–Trinajstić information content (AvgIpc) is 3.36. The third-order valence-corrected chi connectivity index (χ3v) is 4.18. The Kier molecular flexibility index (Phi) is 6.15. The van der Waals surface area contributed by atoms with Gasteiger partial charge in [0.1, 0.15) is 12.7 Å². The van der Waals surface area contributed by atoms with Crippen LogP contribution >= 0.6 is 0 Å². The molecule has 1 saturated heterocycles. The van der Waals surface area contributed by atoms with E-state index < -0.39 is 35.8 Å². The summed E-state index contributed by atoms with van der Waals surface area (Å²) < 4.78 is 15.5. The predicted octanol–water partition coefficient (Wildman–Crippen LogP) is 1.31. The number of carboxylic acids is 1. The number of hydrogen-bond donors (Lipinski definition) is 1. The Balaban J connectivity index is 1.87. The van der Waals surface area contributed by atoms with Gasteiger partial charge in [0.15, 0.2) is 0 Å². The molecule has 0 aromatic rings. The Morgan fingerprint density at radius 3 is 2.48 bits per heavy atom. The maximum atomic E-state index is 12.2. The Morgan fingerprint density at radius 2 is 1.91 bits per heavy atom. The van der Waals surface area contributed by atoms with Gasteiger partial charge in [0.2, 0.25) is 0 Å². The number of epoxide rings is 1. The lowest BCUT2D eigenvalue weighted by Gasteiger charge is -2.27. The van der Waals surface area contributed by atoms with Crippen LogP contribution < -0.4 is 0 Å². The highest BCUT2D eigenvalue weighted by Gasteiger charge is 2.37. The van der Waals surface area contributed by atoms with Crippen molar-refractivity contribution in [2.75, 3.05) is 13.2 Å². The second-order valence-corrected chi connectivity index (χ2v) is 5.92. The lowest BCUT2D eigenvalue weighted by molar-refractivity contribution is -0.165. The van der Waals surface area contributed by atoms with E-state index in [1.165, 1.54) is 0 Å². The summed E-state index contributed by atoms with van der Waals surface area (Å²) in [5, 5.41) is 9.21. The maximum Gasteiger partial charge on any atom is 0.330 e. The molecule has 7 heteroatoms. The van der Waals surface area contributed by atoms with Crippen LogP contribution in [0.1, 0.15) is 32.1 Å². The molecule has 0 bridgehead atoms. The summed E-state index contributed by atoms with van der Waals surface area (Å²) in [5.74, 6) is -3.42. The van der Waals surface area contributed by atoms with Crippen LogP contribution in [0.3, 0.4) is 0 Å². The molecule has 4 atom stereocenters. The maximum absolute atomic E-state index is 12.2. The number of carbonyl (C=O) groups is 3. The molecule has 1 aliphatic carbocycles. The van der Waals surface area contributed by atoms with Gasteiger partial charge in [0.05, 0.1) is 24.5 Å². The first-order valence-corrected chi connectivity index (χ1v) is 7.85. The normalized spacial score (nSPS) is 27.6. The zero-order chi connectivity index (χ0) is 16.8. The van der Waals surface area contributed by atoms with Gasteiger partial charge in [-0.2, -0.15) is 0 Å². The SMILES string of the molecule is C=CC(=O)OC(COC(=O)C1CCCCC1C(=O)O)CC1CO1. The Bertz CT molecular complexity index is 469. The lowest BCUT2D eigenvalue weighted by atomic mass is 9.79. The summed E-state index contributed by atoms with van der Waals surface area (Å²) in [6.07, 6.45) is 3.51. The summed E-state index contributed by atoms with van der Waals surface area (Å²) >= 11 is 0. The van der Waals surface area contributed by atoms with Crippen molar-refractivity contribution < 1.29 is 33.7 Å². The number of rotatable bonds is 8. The van der Waals surface area contributed by atoms with E-state index in [0.717, 1.165) is 18.9 Å². The van der Waals surface area contributed by atoms with Gasteiger partial charge in [0, 0.05) is 12.5 Å². The van der Waals surface area contributed by atoms with Gasteiger partial charge in [-0.15, -0.1) is 0 Å². The highest BCUT2D eigenvalue weighted by Crippen LogP contribution is 2.31. The molecule has 1 heterocycles. The minimum atomic E-state index is -0.965. The summed E-state index contributed by atoms with van der Waals surface area (Å²) in [5.41, 5.74) is 0. The molecule has 2 aliphatic rings. The Labute approximate surface area is 134 Å². The molecule has 1 saturated carbocycles. The number of ether oxygens (including phenoxy) is 3. The zero-order valence-electron chi connectivity index (χ0n) is 12.9. The highest BCUT2D eigenvalue weighted by atomic mass is 16.6. The van der Waals surface area contributed by atoms with Crippen LogP contribution in [0, 0.1) is 11.8 Å². The van der Waals surface area contributed by atoms with Crippen LogP contribution in [-0.4, -0.2) is 48.4 Å². The third kappa shape index (κ3) is 5.35. The first-order valence-electron chi connectivity index (χ1n) is 7.85. The van der Waals surface area contributed by atoms with Crippen LogP contribution in [0.2, 0.25) is 0 Å². The Morgan fingerprint density at radius 1 is 1.26 bits per heavy atom. The molecular formula is C16H22O7. The van der Waals surface area contributed by atoms with Gasteiger partial charge in [-0.05, 0) is 12.8 Å². The van der Waals surface area contributed by atoms with Gasteiger partial charge in [-0.1, -0.05) is 19.4 Å². The molecule has 0 aromatic carbocycles. The molecule has 0 amide bonds. The molecule has 1 N–H and O–H groups in total. The second-order valence-electron chi connectivity index (χ2n) is 5.92. The molecule has 7 nitrogen and oxygen atoms in total. The second kappa shape index (κ2) is 8.10. The standard InChI is InChI=1S/C16H22O7/c1-2-14(17)23-11(7-10-8-21-10)9-22-16(20)13-6-4-3-5-12(13)15(18)19/h2,10-13H,1,3-9H2,(H,18,19). The molecule has 0 radical (unpaired) electrons. The van der Waals surface area contributed by atoms with Crippen molar-refractivity contribution in [1.29, 1.82) is 0 Å². The predicted molar refractivity (Wildman–Crippen MR) is 78.5 cm³/mol. The van der Waals surface area contributed by atoms with Crippen LogP contribution in [-0.2, 0) is 28.6 Å². The lowest BCUT2D eigenvalue weighted by Crippen LogP contribution is -2.35. The Hall–Kier alpha value is -1.89. The molecule has 2 fully saturated rings. The topological polar surface area (TPSA) is 102 Å².